The number of imide groups is 1. The highest BCUT2D eigenvalue weighted by molar-refractivity contribution is 6.10. The number of carboxylic acids is 1. The van der Waals surface area contributed by atoms with Crippen LogP contribution in [0.25, 0.3) is 10.8 Å². The molecule has 2 saturated heterocycles. The molecule has 2 aromatic rings. The summed E-state index contributed by atoms with van der Waals surface area (Å²) in [6.45, 7) is 3.58. The highest BCUT2D eigenvalue weighted by atomic mass is 16.4. The third-order valence-corrected chi connectivity index (χ3v) is 6.59. The molecule has 0 bridgehead atoms. The van der Waals surface area contributed by atoms with Crippen molar-refractivity contribution in [1.82, 2.24) is 10.2 Å². The van der Waals surface area contributed by atoms with Gasteiger partial charge in [-0.15, -0.1) is 0 Å². The fourth-order valence-corrected chi connectivity index (χ4v) is 5.09. The number of hydrogen-bond donors (Lipinski definition) is 3. The van der Waals surface area contributed by atoms with Gasteiger partial charge in [0.25, 0.3) is 0 Å². The molecule has 0 spiro atoms. The first-order valence-corrected chi connectivity index (χ1v) is 10.4. The Labute approximate surface area is 174 Å². The van der Waals surface area contributed by atoms with E-state index < -0.39 is 41.4 Å². The van der Waals surface area contributed by atoms with Crippen molar-refractivity contribution in [3.05, 3.63) is 48.0 Å². The molecule has 3 N–H and O–H groups in total. The number of aliphatic carboxylic acids is 1. The van der Waals surface area contributed by atoms with Gasteiger partial charge in [-0.3, -0.25) is 24.6 Å². The number of nitrogens with one attached hydrogen (secondary N) is 1. The number of amides is 2. The number of likely N-dealkylation sites (tertiary alicyclic amines) is 1. The van der Waals surface area contributed by atoms with Gasteiger partial charge in [0.2, 0.25) is 11.8 Å². The van der Waals surface area contributed by atoms with E-state index in [1.54, 1.807) is 0 Å². The molecule has 5 atom stereocenters. The van der Waals surface area contributed by atoms with Crippen LogP contribution < -0.4 is 5.32 Å². The molecule has 4 rings (SSSR count). The van der Waals surface area contributed by atoms with Gasteiger partial charge in [-0.05, 0) is 29.7 Å². The van der Waals surface area contributed by atoms with E-state index >= 15 is 0 Å². The smallest absolute Gasteiger partial charge is 0.327 e. The van der Waals surface area contributed by atoms with Gasteiger partial charge in [0, 0.05) is 12.6 Å². The molecule has 0 radical (unpaired) electrons. The normalized spacial score (nSPS) is 29.4. The quantitative estimate of drug-likeness (QED) is 0.630. The third-order valence-electron chi connectivity index (χ3n) is 6.59. The van der Waals surface area contributed by atoms with Crippen LogP contribution in [0.4, 0.5) is 0 Å². The minimum absolute atomic E-state index is 0.263. The molecule has 7 heteroatoms. The summed E-state index contributed by atoms with van der Waals surface area (Å²) in [4.78, 5) is 40.2. The van der Waals surface area contributed by atoms with Gasteiger partial charge >= 0.3 is 5.97 Å². The summed E-state index contributed by atoms with van der Waals surface area (Å²) < 4.78 is 0. The second-order valence-electron chi connectivity index (χ2n) is 8.23. The van der Waals surface area contributed by atoms with Gasteiger partial charge in [0.15, 0.2) is 5.54 Å². The zero-order valence-electron chi connectivity index (χ0n) is 17.0. The lowest BCUT2D eigenvalue weighted by molar-refractivity contribution is -0.156. The average molecular weight is 410 g/mol. The highest BCUT2D eigenvalue weighted by Crippen LogP contribution is 2.51. The number of fused-ring (bicyclic) bond motifs is 2. The Balaban J connectivity index is 1.89. The molecule has 2 fully saturated rings. The predicted molar refractivity (Wildman–Crippen MR) is 110 cm³/mol. The van der Waals surface area contributed by atoms with Crippen molar-refractivity contribution in [2.45, 2.75) is 44.4 Å². The van der Waals surface area contributed by atoms with Crippen LogP contribution >= 0.6 is 0 Å². The molecular weight excluding hydrogens is 384 g/mol. The van der Waals surface area contributed by atoms with Gasteiger partial charge < -0.3 is 10.2 Å². The molecule has 0 saturated carbocycles. The van der Waals surface area contributed by atoms with Crippen molar-refractivity contribution >= 4 is 28.6 Å². The van der Waals surface area contributed by atoms with Gasteiger partial charge in [0.05, 0.1) is 17.9 Å². The summed E-state index contributed by atoms with van der Waals surface area (Å²) in [6, 6.07) is 12.6. The number of rotatable bonds is 6. The first-order chi connectivity index (χ1) is 14.3. The molecule has 30 heavy (non-hydrogen) atoms. The Morgan fingerprint density at radius 3 is 2.53 bits per heavy atom. The number of aliphatic hydroxyl groups is 1. The lowest BCUT2D eigenvalue weighted by Crippen LogP contribution is -2.62. The van der Waals surface area contributed by atoms with Gasteiger partial charge in [-0.25, -0.2) is 0 Å². The van der Waals surface area contributed by atoms with Crippen LogP contribution in [0.3, 0.4) is 0 Å². The van der Waals surface area contributed by atoms with E-state index in [0.717, 1.165) is 22.8 Å². The van der Waals surface area contributed by atoms with Crippen LogP contribution in [0.15, 0.2) is 42.5 Å². The lowest BCUT2D eigenvalue weighted by atomic mass is 9.76. The summed E-state index contributed by atoms with van der Waals surface area (Å²) in [7, 11) is 0. The van der Waals surface area contributed by atoms with Crippen LogP contribution in [0, 0.1) is 11.8 Å². The Bertz CT molecular complexity index is 1010. The zero-order chi connectivity index (χ0) is 21.6. The van der Waals surface area contributed by atoms with Crippen LogP contribution in [-0.2, 0) is 14.4 Å². The number of carbonyl (C=O) groups is 3. The second-order valence-corrected chi connectivity index (χ2v) is 8.23. The maximum absolute atomic E-state index is 13.3. The fourth-order valence-electron chi connectivity index (χ4n) is 5.09. The molecular formula is C23H26N2O5. The second kappa shape index (κ2) is 7.49. The molecule has 2 aromatic carbocycles. The topological polar surface area (TPSA) is 107 Å². The van der Waals surface area contributed by atoms with Crippen molar-refractivity contribution in [1.29, 1.82) is 0 Å². The summed E-state index contributed by atoms with van der Waals surface area (Å²) in [5.74, 6) is -4.26. The first-order valence-electron chi connectivity index (χ1n) is 10.4. The van der Waals surface area contributed by atoms with E-state index in [4.69, 9.17) is 0 Å². The maximum atomic E-state index is 13.3. The molecule has 0 aromatic heterocycles. The van der Waals surface area contributed by atoms with Gasteiger partial charge in [-0.2, -0.15) is 0 Å². The minimum Gasteiger partial charge on any atom is -0.480 e. The van der Waals surface area contributed by atoms with E-state index in [0.29, 0.717) is 6.42 Å². The van der Waals surface area contributed by atoms with E-state index in [1.807, 2.05) is 49.4 Å². The Morgan fingerprint density at radius 1 is 1.17 bits per heavy atom. The molecule has 7 nitrogen and oxygen atoms in total. The number of carbonyl (C=O) groups excluding carboxylic acids is 2. The monoisotopic (exact) mass is 410 g/mol. The third kappa shape index (κ3) is 2.76. The van der Waals surface area contributed by atoms with Crippen molar-refractivity contribution in [2.75, 3.05) is 6.54 Å². The number of hydrogen-bond acceptors (Lipinski definition) is 5. The molecule has 2 aliphatic heterocycles. The largest absolute Gasteiger partial charge is 0.480 e. The van der Waals surface area contributed by atoms with E-state index in [2.05, 4.69) is 5.32 Å². The number of unbranched alkanes of at least 4 members (excludes halogenated alkanes) is 1. The Kier molecular flexibility index (Phi) is 5.11. The molecule has 2 amide bonds. The highest BCUT2D eigenvalue weighted by Gasteiger charge is 2.70. The summed E-state index contributed by atoms with van der Waals surface area (Å²) in [5, 5.41) is 25.5. The molecule has 5 unspecified atom stereocenters. The predicted octanol–water partition coefficient (Wildman–Crippen LogP) is 2.09. The van der Waals surface area contributed by atoms with E-state index in [-0.39, 0.29) is 12.5 Å². The first kappa shape index (κ1) is 20.5. The Morgan fingerprint density at radius 2 is 1.87 bits per heavy atom. The fraction of sp³-hybridized carbons (Fsp3) is 0.435. The summed E-state index contributed by atoms with van der Waals surface area (Å²) in [6.07, 6.45) is 0.0842. The van der Waals surface area contributed by atoms with Crippen LogP contribution in [0.2, 0.25) is 0 Å². The minimum atomic E-state index is -1.93. The molecule has 2 heterocycles. The molecule has 2 aliphatic rings. The van der Waals surface area contributed by atoms with Crippen LogP contribution in [-0.4, -0.2) is 51.1 Å². The van der Waals surface area contributed by atoms with Crippen LogP contribution in [0.1, 0.15) is 38.3 Å². The van der Waals surface area contributed by atoms with Crippen molar-refractivity contribution in [2.24, 2.45) is 11.8 Å². The molecule has 0 aliphatic carbocycles. The number of nitrogens with zero attached hydrogens (tertiary/aromatic N) is 1. The van der Waals surface area contributed by atoms with E-state index in [1.165, 1.54) is 11.8 Å². The average Bonchev–Trinajstić information content (AvgIpc) is 3.21. The van der Waals surface area contributed by atoms with Crippen molar-refractivity contribution < 1.29 is 24.6 Å². The number of benzene rings is 2. The standard InChI is InChI=1S/C23H26N2O5/c1-3-4-12-25-20(27)17-18(21(25)28)23(13(2)26,22(29)30)24-19(17)16-11-7-9-14-8-5-6-10-15(14)16/h5-11,13,17-19,24,26H,3-4,12H2,1-2H3,(H,29,30). The van der Waals surface area contributed by atoms with Crippen LogP contribution in [0.5, 0.6) is 0 Å². The van der Waals surface area contributed by atoms with Gasteiger partial charge in [-0.1, -0.05) is 55.8 Å². The number of carboxylic acid groups (broad SMARTS) is 1. The maximum Gasteiger partial charge on any atom is 0.327 e. The molecule has 158 valence electrons. The van der Waals surface area contributed by atoms with Gasteiger partial charge in [0.1, 0.15) is 0 Å². The summed E-state index contributed by atoms with van der Waals surface area (Å²) in [5.41, 5.74) is -1.18. The van der Waals surface area contributed by atoms with E-state index in [9.17, 15) is 24.6 Å². The Hall–Kier alpha value is -2.77. The zero-order valence-corrected chi connectivity index (χ0v) is 17.0. The summed E-state index contributed by atoms with van der Waals surface area (Å²) >= 11 is 0. The van der Waals surface area contributed by atoms with Crippen molar-refractivity contribution in [3.63, 3.8) is 0 Å². The van der Waals surface area contributed by atoms with Crippen molar-refractivity contribution in [3.8, 4) is 0 Å². The SMILES string of the molecule is CCCCN1C(=O)C2C(c3cccc4ccccc34)NC(C(=O)O)(C(C)O)C2C1=O. The lowest BCUT2D eigenvalue weighted by Gasteiger charge is -2.33. The number of aliphatic hydroxyl groups excluding tert-OH is 1.